The van der Waals surface area contributed by atoms with E-state index in [9.17, 15) is 8.78 Å². The molecule has 2 atom stereocenters. The van der Waals surface area contributed by atoms with Crippen molar-refractivity contribution >= 4 is 12.4 Å². The molecule has 1 rings (SSSR count). The molecule has 0 aromatic rings. The Morgan fingerprint density at radius 1 is 1.27 bits per heavy atom. The van der Waals surface area contributed by atoms with Gasteiger partial charge in [0.2, 0.25) is 0 Å². The number of nitrogens with one attached hydrogen (secondary N) is 2. The van der Waals surface area contributed by atoms with Crippen molar-refractivity contribution in [3.63, 3.8) is 0 Å². The van der Waals surface area contributed by atoms with Crippen LogP contribution < -0.4 is 16.6 Å². The van der Waals surface area contributed by atoms with Crippen molar-refractivity contribution in [1.29, 1.82) is 0 Å². The van der Waals surface area contributed by atoms with Crippen molar-refractivity contribution in [1.82, 2.24) is 10.7 Å². The molecule has 2 unspecified atom stereocenters. The molecule has 0 aromatic heterocycles. The van der Waals surface area contributed by atoms with Crippen LogP contribution >= 0.6 is 12.4 Å². The predicted octanol–water partition coefficient (Wildman–Crippen LogP) is -0.481. The van der Waals surface area contributed by atoms with Crippen molar-refractivity contribution in [2.45, 2.75) is 18.4 Å². The molecule has 0 saturated carbocycles. The molecule has 1 aliphatic rings. The monoisotopic (exact) mass is 187 g/mol. The molecule has 4 N–H and O–H groups in total. The van der Waals surface area contributed by atoms with E-state index in [0.29, 0.717) is 0 Å². The fourth-order valence-electron chi connectivity index (χ4n) is 1.05. The van der Waals surface area contributed by atoms with Crippen LogP contribution in [0, 0.1) is 0 Å². The van der Waals surface area contributed by atoms with Gasteiger partial charge in [-0.25, -0.2) is 8.78 Å². The number of nitrogens with two attached hydrogens (primary N) is 1. The van der Waals surface area contributed by atoms with Crippen LogP contribution in [0.15, 0.2) is 0 Å². The van der Waals surface area contributed by atoms with Crippen LogP contribution in [0.5, 0.6) is 0 Å². The zero-order valence-corrected chi connectivity index (χ0v) is 6.70. The number of piperidine rings is 1. The molecule has 0 aliphatic carbocycles. The van der Waals surface area contributed by atoms with Crippen LogP contribution in [-0.2, 0) is 0 Å². The molecule has 0 bridgehead atoms. The Labute approximate surface area is 70.1 Å². The van der Waals surface area contributed by atoms with E-state index >= 15 is 0 Å². The SMILES string of the molecule is Cl.NNC1C(F)CNCC1F. The fourth-order valence-corrected chi connectivity index (χ4v) is 1.05. The molecule has 1 heterocycles. The lowest BCUT2D eigenvalue weighted by Gasteiger charge is -2.29. The molecule has 1 aliphatic heterocycles. The first kappa shape index (κ1) is 11.0. The molecular formula is C5H12ClF2N3. The van der Waals surface area contributed by atoms with Gasteiger partial charge in [-0.05, 0) is 0 Å². The molecule has 0 spiro atoms. The van der Waals surface area contributed by atoms with Crippen LogP contribution in [-0.4, -0.2) is 31.5 Å². The number of hydrogen-bond donors (Lipinski definition) is 3. The van der Waals surface area contributed by atoms with Gasteiger partial charge in [0, 0.05) is 13.1 Å². The first-order valence-electron chi connectivity index (χ1n) is 3.20. The zero-order chi connectivity index (χ0) is 7.56. The first-order valence-corrected chi connectivity index (χ1v) is 3.20. The Balaban J connectivity index is 0.000001000. The van der Waals surface area contributed by atoms with E-state index in [1.165, 1.54) is 0 Å². The van der Waals surface area contributed by atoms with Gasteiger partial charge in [-0.3, -0.25) is 11.3 Å². The molecule has 11 heavy (non-hydrogen) atoms. The topological polar surface area (TPSA) is 50.1 Å². The van der Waals surface area contributed by atoms with Crippen molar-refractivity contribution in [2.24, 2.45) is 5.84 Å². The first-order chi connectivity index (χ1) is 4.75. The van der Waals surface area contributed by atoms with Gasteiger partial charge in [0.25, 0.3) is 0 Å². The lowest BCUT2D eigenvalue weighted by molar-refractivity contribution is 0.117. The second-order valence-corrected chi connectivity index (χ2v) is 2.38. The van der Waals surface area contributed by atoms with E-state index in [2.05, 4.69) is 10.7 Å². The molecule has 0 amide bonds. The Morgan fingerprint density at radius 3 is 2.00 bits per heavy atom. The minimum atomic E-state index is -1.23. The van der Waals surface area contributed by atoms with Crippen LogP contribution in [0.25, 0.3) is 0 Å². The Morgan fingerprint density at radius 2 is 1.73 bits per heavy atom. The van der Waals surface area contributed by atoms with Crippen molar-refractivity contribution < 1.29 is 8.78 Å². The van der Waals surface area contributed by atoms with Crippen molar-refractivity contribution in [3.05, 3.63) is 0 Å². The summed E-state index contributed by atoms with van der Waals surface area (Å²) in [5.41, 5.74) is 2.11. The van der Waals surface area contributed by atoms with Crippen LogP contribution in [0.2, 0.25) is 0 Å². The summed E-state index contributed by atoms with van der Waals surface area (Å²) in [5, 5.41) is 2.60. The van der Waals surface area contributed by atoms with Gasteiger partial charge in [0.1, 0.15) is 12.3 Å². The van der Waals surface area contributed by atoms with Gasteiger partial charge >= 0.3 is 0 Å². The molecule has 0 radical (unpaired) electrons. The minimum Gasteiger partial charge on any atom is -0.311 e. The molecule has 1 fully saturated rings. The number of hydrazine groups is 1. The van der Waals surface area contributed by atoms with Crippen LogP contribution in [0.4, 0.5) is 8.78 Å². The third-order valence-electron chi connectivity index (χ3n) is 1.65. The lowest BCUT2D eigenvalue weighted by atomic mass is 10.0. The van der Waals surface area contributed by atoms with Crippen LogP contribution in [0.1, 0.15) is 0 Å². The second-order valence-electron chi connectivity index (χ2n) is 2.38. The van der Waals surface area contributed by atoms with E-state index in [1.54, 1.807) is 0 Å². The standard InChI is InChI=1S/C5H11F2N3.ClH/c6-3-1-9-2-4(7)5(3)10-8;/h3-5,9-10H,1-2,8H2;1H. The summed E-state index contributed by atoms with van der Waals surface area (Å²) in [6.45, 7) is 0.352. The molecule has 6 heteroatoms. The Kier molecular flexibility index (Phi) is 4.83. The number of hydrogen-bond acceptors (Lipinski definition) is 3. The second kappa shape index (κ2) is 4.82. The smallest absolute Gasteiger partial charge is 0.132 e. The van der Waals surface area contributed by atoms with Crippen molar-refractivity contribution in [3.8, 4) is 0 Å². The highest BCUT2D eigenvalue weighted by atomic mass is 35.5. The zero-order valence-electron chi connectivity index (χ0n) is 5.89. The minimum absolute atomic E-state index is 0. The average Bonchev–Trinajstić information content (AvgIpc) is 1.88. The molecular weight excluding hydrogens is 176 g/mol. The molecule has 0 aromatic carbocycles. The summed E-state index contributed by atoms with van der Waals surface area (Å²) < 4.78 is 25.3. The molecule has 3 nitrogen and oxygen atoms in total. The quantitative estimate of drug-likeness (QED) is 0.384. The van der Waals surface area contributed by atoms with Gasteiger partial charge < -0.3 is 5.32 Å². The normalized spacial score (nSPS) is 37.9. The van der Waals surface area contributed by atoms with Gasteiger partial charge in [-0.1, -0.05) is 0 Å². The number of alkyl halides is 2. The Bertz CT molecular complexity index is 106. The van der Waals surface area contributed by atoms with E-state index in [1.807, 2.05) is 0 Å². The highest BCUT2D eigenvalue weighted by molar-refractivity contribution is 5.85. The summed E-state index contributed by atoms with van der Waals surface area (Å²) in [4.78, 5) is 0. The molecule has 68 valence electrons. The average molecular weight is 188 g/mol. The lowest BCUT2D eigenvalue weighted by Crippen LogP contribution is -2.58. The van der Waals surface area contributed by atoms with Gasteiger partial charge in [0.05, 0.1) is 6.04 Å². The predicted molar refractivity (Wildman–Crippen MR) is 41.0 cm³/mol. The van der Waals surface area contributed by atoms with Gasteiger partial charge in [-0.15, -0.1) is 12.4 Å². The number of halogens is 3. The molecule has 1 saturated heterocycles. The maximum atomic E-state index is 12.7. The highest BCUT2D eigenvalue weighted by Crippen LogP contribution is 2.09. The van der Waals surface area contributed by atoms with E-state index in [0.717, 1.165) is 0 Å². The maximum Gasteiger partial charge on any atom is 0.132 e. The largest absolute Gasteiger partial charge is 0.311 e. The van der Waals surface area contributed by atoms with Gasteiger partial charge in [0.15, 0.2) is 0 Å². The fraction of sp³-hybridized carbons (Fsp3) is 1.00. The third kappa shape index (κ3) is 2.52. The third-order valence-corrected chi connectivity index (χ3v) is 1.65. The van der Waals surface area contributed by atoms with E-state index < -0.39 is 18.4 Å². The summed E-state index contributed by atoms with van der Waals surface area (Å²) >= 11 is 0. The summed E-state index contributed by atoms with van der Waals surface area (Å²) in [7, 11) is 0. The summed E-state index contributed by atoms with van der Waals surface area (Å²) in [6, 6.07) is -0.846. The van der Waals surface area contributed by atoms with Crippen LogP contribution in [0.3, 0.4) is 0 Å². The maximum absolute atomic E-state index is 12.7. The van der Waals surface area contributed by atoms with E-state index in [4.69, 9.17) is 5.84 Å². The number of rotatable bonds is 1. The summed E-state index contributed by atoms with van der Waals surface area (Å²) in [5.74, 6) is 4.93. The van der Waals surface area contributed by atoms with E-state index in [-0.39, 0.29) is 25.5 Å². The Hall–Kier alpha value is 0.0300. The van der Waals surface area contributed by atoms with Crippen molar-refractivity contribution in [2.75, 3.05) is 13.1 Å². The summed E-state index contributed by atoms with van der Waals surface area (Å²) in [6.07, 6.45) is -2.46. The highest BCUT2D eigenvalue weighted by Gasteiger charge is 2.32. The van der Waals surface area contributed by atoms with Gasteiger partial charge in [-0.2, -0.15) is 0 Å².